The number of nitrogens with zero attached hydrogens (tertiary/aromatic N) is 2. The number of amides is 1. The average Bonchev–Trinajstić information content (AvgIpc) is 2.62. The summed E-state index contributed by atoms with van der Waals surface area (Å²) in [5, 5.41) is 5.88. The van der Waals surface area contributed by atoms with Gasteiger partial charge in [0.25, 0.3) is 5.91 Å². The Morgan fingerprint density at radius 3 is 2.48 bits per heavy atom. The zero-order valence-electron chi connectivity index (χ0n) is 13.7. The molecule has 126 valence electrons. The minimum Gasteiger partial charge on any atom is -0.347 e. The quantitative estimate of drug-likeness (QED) is 0.747. The largest absolute Gasteiger partial charge is 0.347 e. The molecule has 5 nitrogen and oxygen atoms in total. The maximum absolute atomic E-state index is 13.0. The first-order chi connectivity index (χ1) is 12.1. The monoisotopic (exact) mass is 336 g/mol. The molecule has 0 bridgehead atoms. The highest BCUT2D eigenvalue weighted by Crippen LogP contribution is 2.16. The Kier molecular flexibility index (Phi) is 4.99. The molecule has 0 aliphatic rings. The Bertz CT molecular complexity index is 866. The molecule has 3 aromatic rings. The second-order valence-corrected chi connectivity index (χ2v) is 5.49. The van der Waals surface area contributed by atoms with Crippen molar-refractivity contribution in [2.75, 3.05) is 5.32 Å². The van der Waals surface area contributed by atoms with Gasteiger partial charge >= 0.3 is 0 Å². The van der Waals surface area contributed by atoms with Crippen LogP contribution in [0.4, 0.5) is 15.9 Å². The molecule has 0 saturated heterocycles. The Labute approximate surface area is 145 Å². The lowest BCUT2D eigenvalue weighted by molar-refractivity contribution is 0.0945. The van der Waals surface area contributed by atoms with E-state index in [2.05, 4.69) is 20.6 Å². The number of anilines is 2. The molecule has 0 aliphatic carbocycles. The van der Waals surface area contributed by atoms with Gasteiger partial charge in [0.2, 0.25) is 0 Å². The number of nitrogens with one attached hydrogen (secondary N) is 2. The third-order valence-corrected chi connectivity index (χ3v) is 3.48. The molecule has 0 fully saturated rings. The lowest BCUT2D eigenvalue weighted by atomic mass is 10.2. The summed E-state index contributed by atoms with van der Waals surface area (Å²) in [5.74, 6) is 0.350. The van der Waals surface area contributed by atoms with E-state index < -0.39 is 0 Å². The standard InChI is InChI=1S/C19H17FN4O/c1-13-22-17(19(25)21-12-14-5-3-2-4-6-14)11-18(23-13)24-16-9-7-15(20)8-10-16/h2-11H,12H2,1H3,(H,21,25)(H,22,23,24). The van der Waals surface area contributed by atoms with Crippen LogP contribution in [-0.4, -0.2) is 15.9 Å². The highest BCUT2D eigenvalue weighted by atomic mass is 19.1. The van der Waals surface area contributed by atoms with E-state index in [0.29, 0.717) is 23.9 Å². The van der Waals surface area contributed by atoms with Crippen LogP contribution in [0.3, 0.4) is 0 Å². The predicted octanol–water partition coefficient (Wildman–Crippen LogP) is 3.60. The SMILES string of the molecule is Cc1nc(Nc2ccc(F)cc2)cc(C(=O)NCc2ccccc2)n1. The number of carbonyl (C=O) groups excluding carboxylic acids is 1. The molecule has 0 atom stereocenters. The zero-order valence-corrected chi connectivity index (χ0v) is 13.7. The van der Waals surface area contributed by atoms with Crippen molar-refractivity contribution in [3.8, 4) is 0 Å². The molecule has 1 aromatic heterocycles. The number of hydrogen-bond donors (Lipinski definition) is 2. The zero-order chi connectivity index (χ0) is 17.6. The first kappa shape index (κ1) is 16.6. The molecule has 6 heteroatoms. The third-order valence-electron chi connectivity index (χ3n) is 3.48. The maximum atomic E-state index is 13.0. The van der Waals surface area contributed by atoms with Crippen molar-refractivity contribution in [1.29, 1.82) is 0 Å². The summed E-state index contributed by atoms with van der Waals surface area (Å²) < 4.78 is 13.0. The Morgan fingerprint density at radius 2 is 1.76 bits per heavy atom. The lowest BCUT2D eigenvalue weighted by Crippen LogP contribution is -2.24. The summed E-state index contributed by atoms with van der Waals surface area (Å²) in [5.41, 5.74) is 1.95. The van der Waals surface area contributed by atoms with Gasteiger partial charge in [0, 0.05) is 18.3 Å². The van der Waals surface area contributed by atoms with Gasteiger partial charge in [0.05, 0.1) is 0 Å². The summed E-state index contributed by atoms with van der Waals surface area (Å²) in [7, 11) is 0. The van der Waals surface area contributed by atoms with Crippen molar-refractivity contribution >= 4 is 17.4 Å². The van der Waals surface area contributed by atoms with Crippen molar-refractivity contribution in [3.63, 3.8) is 0 Å². The number of carbonyl (C=O) groups is 1. The third kappa shape index (κ3) is 4.60. The van der Waals surface area contributed by atoms with Crippen LogP contribution >= 0.6 is 0 Å². The molecule has 0 spiro atoms. The molecular formula is C19H17FN4O. The molecule has 1 heterocycles. The molecule has 0 unspecified atom stereocenters. The van der Waals surface area contributed by atoms with E-state index >= 15 is 0 Å². The number of aromatic nitrogens is 2. The summed E-state index contributed by atoms with van der Waals surface area (Å²) in [6.45, 7) is 2.13. The smallest absolute Gasteiger partial charge is 0.270 e. The first-order valence-electron chi connectivity index (χ1n) is 7.80. The van der Waals surface area contributed by atoms with Crippen molar-refractivity contribution in [3.05, 3.63) is 83.6 Å². The van der Waals surface area contributed by atoms with E-state index in [1.54, 1.807) is 25.1 Å². The number of aryl methyl sites for hydroxylation is 1. The van der Waals surface area contributed by atoms with Crippen LogP contribution in [0.5, 0.6) is 0 Å². The van der Waals surface area contributed by atoms with Crippen LogP contribution in [-0.2, 0) is 6.54 Å². The molecule has 0 radical (unpaired) electrons. The summed E-state index contributed by atoms with van der Waals surface area (Å²) in [6.07, 6.45) is 0. The summed E-state index contributed by atoms with van der Waals surface area (Å²) in [4.78, 5) is 20.8. The second kappa shape index (κ2) is 7.53. The fraction of sp³-hybridized carbons (Fsp3) is 0.105. The van der Waals surface area contributed by atoms with Gasteiger partial charge in [-0.1, -0.05) is 30.3 Å². The van der Waals surface area contributed by atoms with E-state index in [0.717, 1.165) is 5.56 Å². The number of hydrogen-bond acceptors (Lipinski definition) is 4. The van der Waals surface area contributed by atoms with Crippen LogP contribution < -0.4 is 10.6 Å². The van der Waals surface area contributed by atoms with Gasteiger partial charge in [-0.3, -0.25) is 4.79 Å². The van der Waals surface area contributed by atoms with E-state index in [9.17, 15) is 9.18 Å². The molecule has 0 saturated carbocycles. The van der Waals surface area contributed by atoms with Crippen molar-refractivity contribution in [1.82, 2.24) is 15.3 Å². The Balaban J connectivity index is 1.72. The highest BCUT2D eigenvalue weighted by Gasteiger charge is 2.10. The van der Waals surface area contributed by atoms with Gasteiger partial charge in [-0.25, -0.2) is 14.4 Å². The van der Waals surface area contributed by atoms with Crippen molar-refractivity contribution in [2.45, 2.75) is 13.5 Å². The Hall–Kier alpha value is -3.28. The average molecular weight is 336 g/mol. The number of rotatable bonds is 5. The van der Waals surface area contributed by atoms with Gasteiger partial charge in [0.1, 0.15) is 23.2 Å². The van der Waals surface area contributed by atoms with E-state index in [1.165, 1.54) is 12.1 Å². The Morgan fingerprint density at radius 1 is 1.04 bits per heavy atom. The van der Waals surface area contributed by atoms with Crippen molar-refractivity contribution < 1.29 is 9.18 Å². The summed E-state index contributed by atoms with van der Waals surface area (Å²) >= 11 is 0. The van der Waals surface area contributed by atoms with Crippen LogP contribution in [0.15, 0.2) is 60.7 Å². The van der Waals surface area contributed by atoms with Crippen LogP contribution in [0, 0.1) is 12.7 Å². The second-order valence-electron chi connectivity index (χ2n) is 5.49. The van der Waals surface area contributed by atoms with E-state index in [-0.39, 0.29) is 17.4 Å². The minimum atomic E-state index is -0.314. The summed E-state index contributed by atoms with van der Waals surface area (Å²) in [6, 6.07) is 17.1. The predicted molar refractivity (Wildman–Crippen MR) is 94.1 cm³/mol. The maximum Gasteiger partial charge on any atom is 0.270 e. The van der Waals surface area contributed by atoms with Crippen LogP contribution in [0.2, 0.25) is 0 Å². The van der Waals surface area contributed by atoms with Gasteiger partial charge < -0.3 is 10.6 Å². The molecular weight excluding hydrogens is 319 g/mol. The normalized spacial score (nSPS) is 10.3. The molecule has 0 aliphatic heterocycles. The molecule has 3 rings (SSSR count). The topological polar surface area (TPSA) is 66.9 Å². The number of benzene rings is 2. The van der Waals surface area contributed by atoms with Gasteiger partial charge in [0.15, 0.2) is 0 Å². The fourth-order valence-electron chi connectivity index (χ4n) is 2.30. The molecule has 1 amide bonds. The van der Waals surface area contributed by atoms with E-state index in [1.807, 2.05) is 30.3 Å². The molecule has 2 N–H and O–H groups in total. The number of halogens is 1. The van der Waals surface area contributed by atoms with E-state index in [4.69, 9.17) is 0 Å². The molecule has 2 aromatic carbocycles. The van der Waals surface area contributed by atoms with Crippen LogP contribution in [0.1, 0.15) is 21.9 Å². The fourth-order valence-corrected chi connectivity index (χ4v) is 2.30. The van der Waals surface area contributed by atoms with Crippen molar-refractivity contribution in [2.24, 2.45) is 0 Å². The van der Waals surface area contributed by atoms with Gasteiger partial charge in [-0.15, -0.1) is 0 Å². The first-order valence-corrected chi connectivity index (χ1v) is 7.80. The minimum absolute atomic E-state index is 0.271. The van der Waals surface area contributed by atoms with Gasteiger partial charge in [-0.05, 0) is 36.8 Å². The van der Waals surface area contributed by atoms with Crippen LogP contribution in [0.25, 0.3) is 0 Å². The lowest BCUT2D eigenvalue weighted by Gasteiger charge is -2.09. The molecule has 25 heavy (non-hydrogen) atoms. The highest BCUT2D eigenvalue weighted by molar-refractivity contribution is 5.93. The van der Waals surface area contributed by atoms with Gasteiger partial charge in [-0.2, -0.15) is 0 Å².